The van der Waals surface area contributed by atoms with Crippen molar-refractivity contribution in [2.75, 3.05) is 26.1 Å². The molecule has 1 aromatic heterocycles. The fourth-order valence-electron chi connectivity index (χ4n) is 3.22. The summed E-state index contributed by atoms with van der Waals surface area (Å²) >= 11 is 1.35. The van der Waals surface area contributed by atoms with Crippen LogP contribution < -0.4 is 14.8 Å². The molecule has 0 aliphatic rings. The third-order valence-corrected chi connectivity index (χ3v) is 6.09. The molecule has 1 N–H and O–H groups in total. The van der Waals surface area contributed by atoms with E-state index in [0.717, 1.165) is 10.4 Å². The number of nitrogens with one attached hydrogen (secondary N) is 1. The zero-order valence-electron chi connectivity index (χ0n) is 17.9. The molecule has 1 atom stereocenters. The largest absolute Gasteiger partial charge is 0.496 e. The molecule has 2 aromatic carbocycles. The highest BCUT2D eigenvalue weighted by molar-refractivity contribution is 7.16. The Hall–Kier alpha value is -3.32. The minimum atomic E-state index is -0.479. The van der Waals surface area contributed by atoms with Crippen molar-refractivity contribution >= 4 is 28.2 Å². The zero-order valence-corrected chi connectivity index (χ0v) is 18.7. The fraction of sp³-hybridized carbons (Fsp3) is 0.250. The smallest absolute Gasteiger partial charge is 0.341 e. The molecule has 3 aromatic rings. The number of carbonyl (C=O) groups excluding carboxylic acids is 2. The Kier molecular flexibility index (Phi) is 7.31. The van der Waals surface area contributed by atoms with E-state index in [4.69, 9.17) is 14.2 Å². The normalized spacial score (nSPS) is 11.5. The average Bonchev–Trinajstić information content (AvgIpc) is 3.22. The highest BCUT2D eigenvalue weighted by Crippen LogP contribution is 2.38. The zero-order chi connectivity index (χ0) is 22.4. The van der Waals surface area contributed by atoms with Gasteiger partial charge in [-0.25, -0.2) is 4.79 Å². The van der Waals surface area contributed by atoms with E-state index in [9.17, 15) is 9.59 Å². The van der Waals surface area contributed by atoms with Crippen molar-refractivity contribution in [2.24, 2.45) is 0 Å². The van der Waals surface area contributed by atoms with Crippen LogP contribution in [-0.4, -0.2) is 32.7 Å². The van der Waals surface area contributed by atoms with Crippen LogP contribution in [0.25, 0.3) is 0 Å². The molecule has 0 aliphatic carbocycles. The topological polar surface area (TPSA) is 73.9 Å². The number of carbonyl (C=O) groups is 2. The molecule has 0 fully saturated rings. The summed E-state index contributed by atoms with van der Waals surface area (Å²) < 4.78 is 15.9. The first kappa shape index (κ1) is 22.4. The number of ether oxygens (including phenoxy) is 3. The van der Waals surface area contributed by atoms with Crippen LogP contribution in [0.3, 0.4) is 0 Å². The Morgan fingerprint density at radius 2 is 1.65 bits per heavy atom. The van der Waals surface area contributed by atoms with Crippen molar-refractivity contribution < 1.29 is 23.8 Å². The number of methoxy groups -OCH3 is 2. The number of esters is 1. The van der Waals surface area contributed by atoms with Gasteiger partial charge in [0.2, 0.25) is 0 Å². The summed E-state index contributed by atoms with van der Waals surface area (Å²) in [4.78, 5) is 26.7. The van der Waals surface area contributed by atoms with Crippen LogP contribution in [0.15, 0.2) is 54.6 Å². The molecule has 0 saturated heterocycles. The lowest BCUT2D eigenvalue weighted by molar-refractivity contribution is 0.0528. The van der Waals surface area contributed by atoms with Crippen molar-refractivity contribution in [3.8, 4) is 11.5 Å². The van der Waals surface area contributed by atoms with E-state index >= 15 is 0 Å². The van der Waals surface area contributed by atoms with Gasteiger partial charge in [-0.2, -0.15) is 0 Å². The van der Waals surface area contributed by atoms with Crippen LogP contribution >= 0.6 is 11.3 Å². The second kappa shape index (κ2) is 10.1. The van der Waals surface area contributed by atoms with E-state index in [1.165, 1.54) is 25.6 Å². The highest BCUT2D eigenvalue weighted by atomic mass is 32.1. The van der Waals surface area contributed by atoms with Crippen molar-refractivity contribution in [3.63, 3.8) is 0 Å². The predicted molar refractivity (Wildman–Crippen MR) is 122 cm³/mol. The third kappa shape index (κ3) is 4.88. The molecule has 0 radical (unpaired) electrons. The Morgan fingerprint density at radius 1 is 1.00 bits per heavy atom. The molecule has 1 amide bonds. The van der Waals surface area contributed by atoms with Gasteiger partial charge in [0.15, 0.2) is 0 Å². The van der Waals surface area contributed by atoms with E-state index < -0.39 is 11.9 Å². The minimum Gasteiger partial charge on any atom is -0.496 e. The maximum absolute atomic E-state index is 13.1. The number of hydrogen-bond donors (Lipinski definition) is 1. The van der Waals surface area contributed by atoms with Crippen LogP contribution in [0.5, 0.6) is 11.5 Å². The Bertz CT molecular complexity index is 1040. The summed E-state index contributed by atoms with van der Waals surface area (Å²) in [7, 11) is 2.97. The van der Waals surface area contributed by atoms with Gasteiger partial charge in [-0.15, -0.1) is 11.3 Å². The molecule has 0 aliphatic heterocycles. The SMILES string of the molecule is CCOC(=O)c1cc(C(C)c2ccccc2)sc1NC(=O)c1c(OC)cccc1OC. The van der Waals surface area contributed by atoms with Gasteiger partial charge in [0.05, 0.1) is 26.4 Å². The lowest BCUT2D eigenvalue weighted by Crippen LogP contribution is -2.16. The molecular formula is C24H25NO5S. The van der Waals surface area contributed by atoms with Gasteiger partial charge in [-0.05, 0) is 30.7 Å². The van der Waals surface area contributed by atoms with Gasteiger partial charge in [-0.3, -0.25) is 4.79 Å². The van der Waals surface area contributed by atoms with Gasteiger partial charge >= 0.3 is 5.97 Å². The first-order valence-electron chi connectivity index (χ1n) is 9.88. The van der Waals surface area contributed by atoms with E-state index in [1.54, 1.807) is 31.2 Å². The first-order chi connectivity index (χ1) is 15.0. The van der Waals surface area contributed by atoms with Crippen molar-refractivity contribution in [1.29, 1.82) is 0 Å². The molecule has 3 rings (SSSR count). The predicted octanol–water partition coefficient (Wildman–Crippen LogP) is 5.35. The van der Waals surface area contributed by atoms with Crippen molar-refractivity contribution in [1.82, 2.24) is 0 Å². The summed E-state index contributed by atoms with van der Waals surface area (Å²) in [6.45, 7) is 4.05. The lowest BCUT2D eigenvalue weighted by Gasteiger charge is -2.13. The summed E-state index contributed by atoms with van der Waals surface area (Å²) in [5.41, 5.74) is 1.70. The monoisotopic (exact) mass is 439 g/mol. The quantitative estimate of drug-likeness (QED) is 0.479. The van der Waals surface area contributed by atoms with Crippen LogP contribution in [0.2, 0.25) is 0 Å². The average molecular weight is 440 g/mol. The van der Waals surface area contributed by atoms with Crippen molar-refractivity contribution in [2.45, 2.75) is 19.8 Å². The molecule has 7 heteroatoms. The number of thiophene rings is 1. The second-order valence-electron chi connectivity index (χ2n) is 6.74. The van der Waals surface area contributed by atoms with Gasteiger partial charge in [-0.1, -0.05) is 43.3 Å². The summed E-state index contributed by atoms with van der Waals surface area (Å²) in [5, 5.41) is 3.29. The molecule has 31 heavy (non-hydrogen) atoms. The van der Waals surface area contributed by atoms with Crippen LogP contribution in [-0.2, 0) is 4.74 Å². The molecule has 162 valence electrons. The maximum Gasteiger partial charge on any atom is 0.341 e. The molecular weight excluding hydrogens is 414 g/mol. The summed E-state index contributed by atoms with van der Waals surface area (Å²) in [5.74, 6) is -0.105. The van der Waals surface area contributed by atoms with Crippen LogP contribution in [0.1, 0.15) is 50.9 Å². The molecule has 1 unspecified atom stereocenters. The van der Waals surface area contributed by atoms with Gasteiger partial charge in [0, 0.05) is 10.8 Å². The Balaban J connectivity index is 1.99. The molecule has 0 spiro atoms. The van der Waals surface area contributed by atoms with E-state index in [2.05, 4.69) is 12.2 Å². The summed E-state index contributed by atoms with van der Waals surface area (Å²) in [6, 6.07) is 16.9. The minimum absolute atomic E-state index is 0.0471. The van der Waals surface area contributed by atoms with Crippen LogP contribution in [0.4, 0.5) is 5.00 Å². The number of hydrogen-bond acceptors (Lipinski definition) is 6. The molecule has 6 nitrogen and oxygen atoms in total. The van der Waals surface area contributed by atoms with Crippen LogP contribution in [0, 0.1) is 0 Å². The standard InChI is InChI=1S/C24H25NO5S/c1-5-30-24(27)17-14-20(15(2)16-10-7-6-8-11-16)31-23(17)25-22(26)21-18(28-3)12-9-13-19(21)29-4/h6-15H,5H2,1-4H3,(H,25,26). The van der Waals surface area contributed by atoms with Gasteiger partial charge in [0.1, 0.15) is 22.1 Å². The molecule has 0 bridgehead atoms. The summed E-state index contributed by atoms with van der Waals surface area (Å²) in [6.07, 6.45) is 0. The lowest BCUT2D eigenvalue weighted by atomic mass is 9.99. The highest BCUT2D eigenvalue weighted by Gasteiger charge is 2.25. The second-order valence-corrected chi connectivity index (χ2v) is 7.82. The number of benzene rings is 2. The number of rotatable bonds is 8. The molecule has 1 heterocycles. The van der Waals surface area contributed by atoms with Gasteiger partial charge in [0.25, 0.3) is 5.91 Å². The van der Waals surface area contributed by atoms with Crippen molar-refractivity contribution in [3.05, 3.63) is 76.2 Å². The van der Waals surface area contributed by atoms with E-state index in [1.807, 2.05) is 30.3 Å². The maximum atomic E-state index is 13.1. The molecule has 0 saturated carbocycles. The van der Waals surface area contributed by atoms with E-state index in [-0.39, 0.29) is 18.1 Å². The van der Waals surface area contributed by atoms with E-state index in [0.29, 0.717) is 22.1 Å². The Morgan fingerprint density at radius 3 is 2.23 bits per heavy atom. The first-order valence-corrected chi connectivity index (χ1v) is 10.7. The number of amides is 1. The fourth-order valence-corrected chi connectivity index (χ4v) is 4.34. The number of anilines is 1. The third-order valence-electron chi connectivity index (χ3n) is 4.85. The Labute approximate surface area is 185 Å². The van der Waals surface area contributed by atoms with Gasteiger partial charge < -0.3 is 19.5 Å².